The van der Waals surface area contributed by atoms with E-state index in [9.17, 15) is 19.7 Å². The molecule has 0 atom stereocenters. The molecule has 156 valence electrons. The molecule has 1 N–H and O–H groups in total. The molecule has 4 aromatic rings. The van der Waals surface area contributed by atoms with Crippen molar-refractivity contribution < 1.29 is 9.72 Å². The van der Waals surface area contributed by atoms with Crippen LogP contribution in [0.5, 0.6) is 0 Å². The molecule has 0 spiro atoms. The number of nitrogens with zero attached hydrogens (tertiary/aromatic N) is 3. The molecular formula is C21H15ClN4O4S. The van der Waals surface area contributed by atoms with E-state index in [0.29, 0.717) is 22.3 Å². The minimum atomic E-state index is -0.622. The van der Waals surface area contributed by atoms with Gasteiger partial charge in [0.15, 0.2) is 0 Å². The summed E-state index contributed by atoms with van der Waals surface area (Å²) in [6.45, 7) is 2.02. The first-order valence-corrected chi connectivity index (χ1v) is 10.3. The Bertz CT molecular complexity index is 1380. The Hall–Kier alpha value is -3.56. The summed E-state index contributed by atoms with van der Waals surface area (Å²) in [5.74, 6) is -0.556. The van der Waals surface area contributed by atoms with Crippen molar-refractivity contribution in [3.63, 3.8) is 0 Å². The van der Waals surface area contributed by atoms with E-state index in [4.69, 9.17) is 11.6 Å². The lowest BCUT2D eigenvalue weighted by molar-refractivity contribution is -0.383. The molecule has 0 aliphatic rings. The molecule has 10 heteroatoms. The van der Waals surface area contributed by atoms with Crippen molar-refractivity contribution in [1.29, 1.82) is 0 Å². The number of thiophene rings is 1. The van der Waals surface area contributed by atoms with Crippen LogP contribution in [-0.4, -0.2) is 20.4 Å². The first-order valence-electron chi connectivity index (χ1n) is 9.13. The van der Waals surface area contributed by atoms with Crippen molar-refractivity contribution in [2.45, 2.75) is 13.5 Å². The number of carbonyl (C=O) groups is 1. The van der Waals surface area contributed by atoms with Crippen LogP contribution in [0.1, 0.15) is 20.8 Å². The van der Waals surface area contributed by atoms with Crippen LogP contribution in [0.4, 0.5) is 11.4 Å². The number of rotatable bonds is 5. The second-order valence-corrected chi connectivity index (χ2v) is 8.21. The first kappa shape index (κ1) is 20.7. The van der Waals surface area contributed by atoms with Crippen LogP contribution < -0.4 is 10.9 Å². The highest BCUT2D eigenvalue weighted by atomic mass is 35.5. The minimum absolute atomic E-state index is 0.0192. The van der Waals surface area contributed by atoms with Crippen LogP contribution in [0.25, 0.3) is 10.2 Å². The highest BCUT2D eigenvalue weighted by molar-refractivity contribution is 7.20. The summed E-state index contributed by atoms with van der Waals surface area (Å²) in [5, 5.41) is 14.4. The predicted octanol–water partition coefficient (Wildman–Crippen LogP) is 4.63. The fourth-order valence-electron chi connectivity index (χ4n) is 3.21. The second-order valence-electron chi connectivity index (χ2n) is 6.77. The van der Waals surface area contributed by atoms with Gasteiger partial charge in [0.05, 0.1) is 28.1 Å². The SMILES string of the molecule is Cc1c(C(=O)Nc2ccc(Cl)cc2[N+](=O)[O-])sc2ncn(Cc3ccccc3)c(=O)c12. The zero-order chi connectivity index (χ0) is 22.1. The fraction of sp³-hybridized carbons (Fsp3) is 0.0952. The molecule has 2 heterocycles. The van der Waals surface area contributed by atoms with Gasteiger partial charge in [0.2, 0.25) is 0 Å². The van der Waals surface area contributed by atoms with E-state index in [2.05, 4.69) is 10.3 Å². The number of benzene rings is 2. The normalized spacial score (nSPS) is 10.9. The molecule has 2 aromatic heterocycles. The summed E-state index contributed by atoms with van der Waals surface area (Å²) in [6, 6.07) is 13.5. The standard InChI is InChI=1S/C21H15ClN4O4S/c1-12-17-20(23-11-25(21(17)28)10-13-5-3-2-4-6-13)31-18(12)19(27)24-15-8-7-14(22)9-16(15)26(29)30/h2-9,11H,10H2,1H3,(H,24,27). The van der Waals surface area contributed by atoms with Gasteiger partial charge in [-0.05, 0) is 30.2 Å². The van der Waals surface area contributed by atoms with Crippen molar-refractivity contribution in [2.75, 3.05) is 5.32 Å². The Morgan fingerprint density at radius 1 is 1.26 bits per heavy atom. The molecule has 0 bridgehead atoms. The van der Waals surface area contributed by atoms with Gasteiger partial charge in [0.25, 0.3) is 17.2 Å². The van der Waals surface area contributed by atoms with E-state index in [-0.39, 0.29) is 26.8 Å². The zero-order valence-electron chi connectivity index (χ0n) is 16.2. The molecule has 2 aromatic carbocycles. The highest BCUT2D eigenvalue weighted by Crippen LogP contribution is 2.31. The van der Waals surface area contributed by atoms with Crippen LogP contribution in [0.2, 0.25) is 5.02 Å². The smallest absolute Gasteiger partial charge is 0.294 e. The van der Waals surface area contributed by atoms with Crippen molar-refractivity contribution in [3.8, 4) is 0 Å². The lowest BCUT2D eigenvalue weighted by Gasteiger charge is -2.06. The van der Waals surface area contributed by atoms with Crippen LogP contribution in [0.3, 0.4) is 0 Å². The molecule has 8 nitrogen and oxygen atoms in total. The Labute approximate surface area is 184 Å². The summed E-state index contributed by atoms with van der Waals surface area (Å²) >= 11 is 6.89. The van der Waals surface area contributed by atoms with Crippen LogP contribution >= 0.6 is 22.9 Å². The fourth-order valence-corrected chi connectivity index (χ4v) is 4.41. The number of carbonyl (C=O) groups excluding carboxylic acids is 1. The van der Waals surface area contributed by atoms with Gasteiger partial charge in [0, 0.05) is 11.1 Å². The van der Waals surface area contributed by atoms with E-state index in [1.165, 1.54) is 29.1 Å². The zero-order valence-corrected chi connectivity index (χ0v) is 17.7. The van der Waals surface area contributed by atoms with E-state index in [0.717, 1.165) is 16.9 Å². The maximum absolute atomic E-state index is 13.0. The second kappa shape index (κ2) is 8.29. The van der Waals surface area contributed by atoms with Gasteiger partial charge < -0.3 is 5.32 Å². The van der Waals surface area contributed by atoms with Gasteiger partial charge >= 0.3 is 0 Å². The Balaban J connectivity index is 1.70. The van der Waals surface area contributed by atoms with Crippen molar-refractivity contribution >= 4 is 50.4 Å². The Kier molecular flexibility index (Phi) is 5.53. The van der Waals surface area contributed by atoms with Crippen LogP contribution in [-0.2, 0) is 6.54 Å². The summed E-state index contributed by atoms with van der Waals surface area (Å²) in [5.41, 5.74) is 0.883. The number of nitrogens with one attached hydrogen (secondary N) is 1. The van der Waals surface area contributed by atoms with Gasteiger partial charge in [-0.1, -0.05) is 41.9 Å². The summed E-state index contributed by atoms with van der Waals surface area (Å²) in [6.07, 6.45) is 1.46. The molecule has 0 radical (unpaired) electrons. The maximum Gasteiger partial charge on any atom is 0.294 e. The van der Waals surface area contributed by atoms with Crippen LogP contribution in [0, 0.1) is 17.0 Å². The molecule has 0 saturated carbocycles. The monoisotopic (exact) mass is 454 g/mol. The van der Waals surface area contributed by atoms with Crippen LogP contribution in [0.15, 0.2) is 59.7 Å². The number of halogens is 1. The summed E-state index contributed by atoms with van der Waals surface area (Å²) < 4.78 is 1.49. The third-order valence-corrected chi connectivity index (χ3v) is 6.16. The first-order chi connectivity index (χ1) is 14.8. The average Bonchev–Trinajstić information content (AvgIpc) is 3.09. The lowest BCUT2D eigenvalue weighted by Crippen LogP contribution is -2.21. The highest BCUT2D eigenvalue weighted by Gasteiger charge is 2.22. The summed E-state index contributed by atoms with van der Waals surface area (Å²) in [4.78, 5) is 41.6. The molecule has 31 heavy (non-hydrogen) atoms. The number of nitro benzene ring substituents is 1. The lowest BCUT2D eigenvalue weighted by atomic mass is 10.2. The van der Waals surface area contributed by atoms with Gasteiger partial charge in [-0.2, -0.15) is 0 Å². The maximum atomic E-state index is 13.0. The molecule has 0 unspecified atom stereocenters. The topological polar surface area (TPSA) is 107 Å². The molecular weight excluding hydrogens is 440 g/mol. The predicted molar refractivity (Wildman–Crippen MR) is 120 cm³/mol. The molecule has 0 fully saturated rings. The van der Waals surface area contributed by atoms with Gasteiger partial charge in [0.1, 0.15) is 10.5 Å². The number of aromatic nitrogens is 2. The minimum Gasteiger partial charge on any atom is -0.316 e. The number of anilines is 1. The average molecular weight is 455 g/mol. The quantitative estimate of drug-likeness (QED) is 0.349. The number of amides is 1. The van der Waals surface area contributed by atoms with Gasteiger partial charge in [-0.15, -0.1) is 11.3 Å². The van der Waals surface area contributed by atoms with Crippen molar-refractivity contribution in [3.05, 3.63) is 96.4 Å². The van der Waals surface area contributed by atoms with E-state index in [1.54, 1.807) is 6.92 Å². The molecule has 1 amide bonds. The van der Waals surface area contributed by atoms with E-state index < -0.39 is 10.8 Å². The third-order valence-electron chi connectivity index (χ3n) is 4.72. The van der Waals surface area contributed by atoms with E-state index >= 15 is 0 Å². The Morgan fingerprint density at radius 2 is 2.00 bits per heavy atom. The molecule has 0 saturated heterocycles. The number of hydrogen-bond acceptors (Lipinski definition) is 6. The van der Waals surface area contributed by atoms with Crippen molar-refractivity contribution in [1.82, 2.24) is 9.55 Å². The molecule has 4 rings (SSSR count). The van der Waals surface area contributed by atoms with Gasteiger partial charge in [-0.3, -0.25) is 24.3 Å². The number of hydrogen-bond donors (Lipinski definition) is 1. The summed E-state index contributed by atoms with van der Waals surface area (Å²) in [7, 11) is 0. The third kappa shape index (κ3) is 4.05. The molecule has 0 aliphatic carbocycles. The largest absolute Gasteiger partial charge is 0.316 e. The number of fused-ring (bicyclic) bond motifs is 1. The van der Waals surface area contributed by atoms with Gasteiger partial charge in [-0.25, -0.2) is 4.98 Å². The Morgan fingerprint density at radius 3 is 2.71 bits per heavy atom. The number of aryl methyl sites for hydroxylation is 1. The number of nitro groups is 1. The van der Waals surface area contributed by atoms with E-state index in [1.807, 2.05) is 30.3 Å². The van der Waals surface area contributed by atoms with Crippen molar-refractivity contribution in [2.24, 2.45) is 0 Å². The molecule has 0 aliphatic heterocycles.